The molecule has 2 N–H and O–H groups in total. The number of hydrogen-bond donors (Lipinski definition) is 2. The maximum absolute atomic E-state index is 11.9. The van der Waals surface area contributed by atoms with Crippen LogP contribution in [0.15, 0.2) is 32.3 Å². The van der Waals surface area contributed by atoms with Gasteiger partial charge in [-0.25, -0.2) is 9.36 Å². The van der Waals surface area contributed by atoms with E-state index in [-0.39, 0.29) is 11.4 Å². The molecule has 20 heavy (non-hydrogen) atoms. The van der Waals surface area contributed by atoms with Gasteiger partial charge in [-0.3, -0.25) is 9.78 Å². The molecule has 0 radical (unpaired) electrons. The number of benzene rings is 1. The van der Waals surface area contributed by atoms with Crippen molar-refractivity contribution in [2.45, 2.75) is 13.3 Å². The van der Waals surface area contributed by atoms with Crippen LogP contribution in [0.2, 0.25) is 0 Å². The lowest BCUT2D eigenvalue weighted by Crippen LogP contribution is -2.31. The van der Waals surface area contributed by atoms with Crippen molar-refractivity contribution in [3.8, 4) is 17.3 Å². The third kappa shape index (κ3) is 2.49. The van der Waals surface area contributed by atoms with Crippen LogP contribution >= 0.6 is 15.9 Å². The largest absolute Gasteiger partial charge is 0.497 e. The first-order valence-corrected chi connectivity index (χ1v) is 6.69. The van der Waals surface area contributed by atoms with E-state index >= 15 is 0 Å². The van der Waals surface area contributed by atoms with Crippen LogP contribution in [0.4, 0.5) is 0 Å². The number of methoxy groups -OCH3 is 1. The van der Waals surface area contributed by atoms with E-state index in [1.165, 1.54) is 7.11 Å². The SMILES string of the molecule is CCc1c(O)n(-c2cc(Br)cc(OC)c2)c(=O)[nH]c1=O. The number of aromatic hydroxyl groups is 1. The topological polar surface area (TPSA) is 84.3 Å². The van der Waals surface area contributed by atoms with Gasteiger partial charge in [0.05, 0.1) is 18.4 Å². The summed E-state index contributed by atoms with van der Waals surface area (Å²) < 4.78 is 6.84. The van der Waals surface area contributed by atoms with Crippen LogP contribution in [-0.2, 0) is 6.42 Å². The Kier molecular flexibility index (Phi) is 3.99. The van der Waals surface area contributed by atoms with Crippen molar-refractivity contribution in [3.63, 3.8) is 0 Å². The molecule has 0 bridgehead atoms. The highest BCUT2D eigenvalue weighted by Gasteiger charge is 2.15. The molecule has 106 valence electrons. The summed E-state index contributed by atoms with van der Waals surface area (Å²) >= 11 is 3.30. The van der Waals surface area contributed by atoms with E-state index < -0.39 is 11.2 Å². The van der Waals surface area contributed by atoms with Crippen molar-refractivity contribution < 1.29 is 9.84 Å². The summed E-state index contributed by atoms with van der Waals surface area (Å²) in [5, 5.41) is 10.1. The average molecular weight is 341 g/mol. The number of H-pyrrole nitrogens is 1. The molecule has 0 amide bonds. The molecule has 0 aliphatic carbocycles. The van der Waals surface area contributed by atoms with Crippen LogP contribution in [0.25, 0.3) is 5.69 Å². The Bertz CT molecular complexity index is 764. The zero-order chi connectivity index (χ0) is 14.9. The van der Waals surface area contributed by atoms with E-state index in [4.69, 9.17) is 4.74 Å². The second kappa shape index (κ2) is 5.54. The first kappa shape index (κ1) is 14.4. The number of halogens is 1. The first-order valence-electron chi connectivity index (χ1n) is 5.90. The number of nitrogens with zero attached hydrogens (tertiary/aromatic N) is 1. The molecule has 0 spiro atoms. The number of aromatic nitrogens is 2. The van der Waals surface area contributed by atoms with Gasteiger partial charge in [-0.1, -0.05) is 22.9 Å². The van der Waals surface area contributed by atoms with Crippen molar-refractivity contribution in [3.05, 3.63) is 49.1 Å². The molecule has 0 atom stereocenters. The van der Waals surface area contributed by atoms with E-state index in [2.05, 4.69) is 20.9 Å². The summed E-state index contributed by atoms with van der Waals surface area (Å²) in [5.74, 6) is 0.159. The summed E-state index contributed by atoms with van der Waals surface area (Å²) in [6.07, 6.45) is 0.312. The summed E-state index contributed by atoms with van der Waals surface area (Å²) in [6.45, 7) is 1.72. The average Bonchev–Trinajstić information content (AvgIpc) is 2.37. The molecule has 1 heterocycles. The molecule has 1 aromatic heterocycles. The minimum Gasteiger partial charge on any atom is -0.497 e. The van der Waals surface area contributed by atoms with Crippen molar-refractivity contribution in [2.24, 2.45) is 0 Å². The van der Waals surface area contributed by atoms with Crippen molar-refractivity contribution in [2.75, 3.05) is 7.11 Å². The van der Waals surface area contributed by atoms with Gasteiger partial charge >= 0.3 is 5.69 Å². The number of ether oxygens (including phenoxy) is 1. The Morgan fingerprint density at radius 1 is 1.35 bits per heavy atom. The van der Waals surface area contributed by atoms with Gasteiger partial charge in [0.1, 0.15) is 5.75 Å². The Hall–Kier alpha value is -2.02. The third-order valence-electron chi connectivity index (χ3n) is 2.88. The van der Waals surface area contributed by atoms with Crippen LogP contribution in [-0.4, -0.2) is 21.8 Å². The molecule has 2 rings (SSSR count). The molecule has 0 unspecified atom stereocenters. The number of aromatic amines is 1. The molecule has 0 fully saturated rings. The second-order valence-electron chi connectivity index (χ2n) is 4.10. The lowest BCUT2D eigenvalue weighted by molar-refractivity contribution is 0.411. The Morgan fingerprint density at radius 3 is 2.65 bits per heavy atom. The molecular formula is C13H13BrN2O4. The van der Waals surface area contributed by atoms with Crippen LogP contribution in [0, 0.1) is 0 Å². The monoisotopic (exact) mass is 340 g/mol. The smallest absolute Gasteiger partial charge is 0.335 e. The Labute approximate surface area is 122 Å². The standard InChI is InChI=1S/C13H13BrN2O4/c1-3-10-11(17)15-13(19)16(12(10)18)8-4-7(14)5-9(6-8)20-2/h4-6,18H,3H2,1-2H3,(H,15,17,19). The van der Waals surface area contributed by atoms with Crippen LogP contribution in [0.5, 0.6) is 11.6 Å². The Balaban J connectivity index is 2.79. The van der Waals surface area contributed by atoms with Gasteiger partial charge in [-0.05, 0) is 18.6 Å². The van der Waals surface area contributed by atoms with Crippen LogP contribution in [0.3, 0.4) is 0 Å². The fourth-order valence-corrected chi connectivity index (χ4v) is 2.37. The van der Waals surface area contributed by atoms with Crippen molar-refractivity contribution in [1.82, 2.24) is 9.55 Å². The molecule has 1 aromatic carbocycles. The molecule has 0 saturated carbocycles. The quantitative estimate of drug-likeness (QED) is 0.888. The van der Waals surface area contributed by atoms with Gasteiger partial charge in [0.2, 0.25) is 5.88 Å². The van der Waals surface area contributed by atoms with E-state index in [0.717, 1.165) is 4.57 Å². The number of rotatable bonds is 3. The predicted molar refractivity (Wildman–Crippen MR) is 78.0 cm³/mol. The van der Waals surface area contributed by atoms with E-state index in [9.17, 15) is 14.7 Å². The summed E-state index contributed by atoms with van der Waals surface area (Å²) in [5.41, 5.74) is -0.730. The van der Waals surface area contributed by atoms with Gasteiger partial charge < -0.3 is 9.84 Å². The molecule has 0 aliphatic rings. The summed E-state index contributed by atoms with van der Waals surface area (Å²) in [7, 11) is 1.50. The highest BCUT2D eigenvalue weighted by molar-refractivity contribution is 9.10. The second-order valence-corrected chi connectivity index (χ2v) is 5.02. The summed E-state index contributed by atoms with van der Waals surface area (Å²) in [4.78, 5) is 25.7. The molecule has 6 nitrogen and oxygen atoms in total. The Morgan fingerprint density at radius 2 is 2.05 bits per heavy atom. The van der Waals surface area contributed by atoms with Gasteiger partial charge in [-0.15, -0.1) is 0 Å². The van der Waals surface area contributed by atoms with Crippen LogP contribution in [0.1, 0.15) is 12.5 Å². The van der Waals surface area contributed by atoms with Crippen LogP contribution < -0.4 is 16.0 Å². The summed E-state index contributed by atoms with van der Waals surface area (Å²) in [6, 6.07) is 4.95. The minimum atomic E-state index is -0.704. The first-order chi connectivity index (χ1) is 9.47. The molecule has 0 aliphatic heterocycles. The minimum absolute atomic E-state index is 0.156. The maximum atomic E-state index is 11.9. The van der Waals surface area contributed by atoms with Gasteiger partial charge in [0, 0.05) is 10.5 Å². The number of hydrogen-bond acceptors (Lipinski definition) is 4. The number of nitrogens with one attached hydrogen (secondary N) is 1. The zero-order valence-corrected chi connectivity index (χ0v) is 12.5. The lowest BCUT2D eigenvalue weighted by atomic mass is 10.2. The van der Waals surface area contributed by atoms with Crippen molar-refractivity contribution in [1.29, 1.82) is 0 Å². The maximum Gasteiger partial charge on any atom is 0.335 e. The van der Waals surface area contributed by atoms with Gasteiger partial charge in [0.25, 0.3) is 5.56 Å². The fourth-order valence-electron chi connectivity index (χ4n) is 1.91. The van der Waals surface area contributed by atoms with E-state index in [1.54, 1.807) is 25.1 Å². The lowest BCUT2D eigenvalue weighted by Gasteiger charge is -2.12. The molecule has 7 heteroatoms. The molecule has 2 aromatic rings. The fraction of sp³-hybridized carbons (Fsp3) is 0.231. The highest BCUT2D eigenvalue weighted by atomic mass is 79.9. The van der Waals surface area contributed by atoms with Gasteiger partial charge in [-0.2, -0.15) is 0 Å². The third-order valence-corrected chi connectivity index (χ3v) is 3.34. The highest BCUT2D eigenvalue weighted by Crippen LogP contribution is 2.25. The molecule has 0 saturated heterocycles. The van der Waals surface area contributed by atoms with E-state index in [1.807, 2.05) is 0 Å². The van der Waals surface area contributed by atoms with Crippen molar-refractivity contribution >= 4 is 15.9 Å². The van der Waals surface area contributed by atoms with E-state index in [0.29, 0.717) is 22.3 Å². The normalized spacial score (nSPS) is 10.6. The molecular weight excluding hydrogens is 328 g/mol. The predicted octanol–water partition coefficient (Wildman–Crippen LogP) is 1.56. The van der Waals surface area contributed by atoms with Gasteiger partial charge in [0.15, 0.2) is 0 Å². The zero-order valence-electron chi connectivity index (χ0n) is 10.9.